The summed E-state index contributed by atoms with van der Waals surface area (Å²) in [5, 5.41) is 1.51. The van der Waals surface area contributed by atoms with Crippen molar-refractivity contribution < 1.29 is 17.9 Å². The second-order valence-electron chi connectivity index (χ2n) is 7.56. The zero-order chi connectivity index (χ0) is 25.2. The Bertz CT molecular complexity index is 1480. The molecule has 12 heteroatoms. The third-order valence-corrected chi connectivity index (χ3v) is 7.61. The summed E-state index contributed by atoms with van der Waals surface area (Å²) < 4.78 is 34.4. The number of methoxy groups -OCH3 is 1. The van der Waals surface area contributed by atoms with E-state index >= 15 is 0 Å². The van der Waals surface area contributed by atoms with Crippen LogP contribution < -0.4 is 9.62 Å². The Kier molecular flexibility index (Phi) is 7.27. The first-order valence-corrected chi connectivity index (χ1v) is 12.6. The molecule has 2 aromatic heterocycles. The smallest absolute Gasteiger partial charge is 0.337 e. The number of likely N-dealkylation sites (N-methyl/N-ethyl adjacent to an activating group) is 1. The highest BCUT2D eigenvalue weighted by molar-refractivity contribution is 7.89. The molecule has 1 N–H and O–H groups in total. The fraction of sp³-hybridized carbons (Fsp3) is 0.174. The van der Waals surface area contributed by atoms with Crippen LogP contribution in [-0.4, -0.2) is 56.2 Å². The number of rotatable bonds is 8. The maximum atomic E-state index is 12.7. The van der Waals surface area contributed by atoms with Crippen LogP contribution in [0.4, 0.5) is 5.82 Å². The molecule has 0 aliphatic carbocycles. The molecule has 0 aliphatic rings. The molecule has 182 valence electrons. The van der Waals surface area contributed by atoms with Crippen molar-refractivity contribution in [1.29, 1.82) is 0 Å². The van der Waals surface area contributed by atoms with Crippen molar-refractivity contribution in [3.05, 3.63) is 76.8 Å². The number of carbonyl (C=O) groups is 1. The van der Waals surface area contributed by atoms with Gasteiger partial charge in [-0.2, -0.15) is 0 Å². The molecular weight excluding hydrogens is 513 g/mol. The largest absolute Gasteiger partial charge is 0.465 e. The summed E-state index contributed by atoms with van der Waals surface area (Å²) in [4.78, 5) is 22.2. The molecule has 0 bridgehead atoms. The summed E-state index contributed by atoms with van der Waals surface area (Å²) in [5.74, 6) is 0.0369. The van der Waals surface area contributed by atoms with Crippen LogP contribution in [0.15, 0.2) is 66.1 Å². The molecule has 4 rings (SSSR count). The maximum Gasteiger partial charge on any atom is 0.337 e. The van der Waals surface area contributed by atoms with Crippen molar-refractivity contribution in [1.82, 2.24) is 19.3 Å². The lowest BCUT2D eigenvalue weighted by molar-refractivity contribution is 0.0600. The SMILES string of the molecule is COC(=O)c1ccc(S(=O)(=O)NCCN(C)c2cc(-n3ccnc3)c3ccc(Cl)c(Cl)c3n2)cc1. The van der Waals surface area contributed by atoms with Gasteiger partial charge < -0.3 is 14.2 Å². The van der Waals surface area contributed by atoms with Gasteiger partial charge in [0.1, 0.15) is 5.82 Å². The lowest BCUT2D eigenvalue weighted by Crippen LogP contribution is -2.33. The number of hydrogen-bond donors (Lipinski definition) is 1. The number of nitrogens with one attached hydrogen (secondary N) is 1. The molecule has 0 atom stereocenters. The Morgan fingerprint density at radius 2 is 1.91 bits per heavy atom. The van der Waals surface area contributed by atoms with Crippen LogP contribution in [-0.2, 0) is 14.8 Å². The van der Waals surface area contributed by atoms with Gasteiger partial charge in [-0.15, -0.1) is 0 Å². The molecule has 0 aliphatic heterocycles. The molecule has 9 nitrogen and oxygen atoms in total. The van der Waals surface area contributed by atoms with Gasteiger partial charge in [0, 0.05) is 44.0 Å². The summed E-state index contributed by atoms with van der Waals surface area (Å²) in [6.07, 6.45) is 5.14. The quantitative estimate of drug-likeness (QED) is 0.342. The second kappa shape index (κ2) is 10.2. The lowest BCUT2D eigenvalue weighted by Gasteiger charge is -2.21. The molecule has 2 aromatic carbocycles. The minimum Gasteiger partial charge on any atom is -0.465 e. The van der Waals surface area contributed by atoms with Gasteiger partial charge in [0.2, 0.25) is 10.0 Å². The van der Waals surface area contributed by atoms with Gasteiger partial charge in [-0.05, 0) is 36.4 Å². The number of imidazole rings is 1. The molecule has 0 spiro atoms. The first kappa shape index (κ1) is 24.9. The van der Waals surface area contributed by atoms with Crippen molar-refractivity contribution in [2.45, 2.75) is 4.90 Å². The first-order valence-electron chi connectivity index (χ1n) is 10.4. The third-order valence-electron chi connectivity index (χ3n) is 5.34. The van der Waals surface area contributed by atoms with E-state index in [1.54, 1.807) is 36.7 Å². The minimum absolute atomic E-state index is 0.0421. The van der Waals surface area contributed by atoms with Crippen LogP contribution in [0.2, 0.25) is 10.0 Å². The Morgan fingerprint density at radius 1 is 1.17 bits per heavy atom. The highest BCUT2D eigenvalue weighted by Gasteiger charge is 2.17. The number of pyridine rings is 1. The molecule has 0 saturated heterocycles. The molecule has 0 amide bonds. The van der Waals surface area contributed by atoms with E-state index in [0.717, 1.165) is 11.1 Å². The molecule has 0 radical (unpaired) electrons. The van der Waals surface area contributed by atoms with Gasteiger partial charge >= 0.3 is 5.97 Å². The van der Waals surface area contributed by atoms with Crippen molar-refractivity contribution in [3.63, 3.8) is 0 Å². The number of hydrogen-bond acceptors (Lipinski definition) is 7. The Labute approximate surface area is 212 Å². The van der Waals surface area contributed by atoms with Crippen molar-refractivity contribution >= 4 is 55.9 Å². The van der Waals surface area contributed by atoms with Gasteiger partial charge in [0.05, 0.1) is 45.1 Å². The van der Waals surface area contributed by atoms with E-state index in [-0.39, 0.29) is 17.0 Å². The number of anilines is 1. The van der Waals surface area contributed by atoms with E-state index in [4.69, 9.17) is 23.2 Å². The van der Waals surface area contributed by atoms with Gasteiger partial charge in [0.25, 0.3) is 0 Å². The van der Waals surface area contributed by atoms with E-state index in [1.807, 2.05) is 16.7 Å². The van der Waals surface area contributed by atoms with E-state index < -0.39 is 16.0 Å². The molecule has 2 heterocycles. The van der Waals surface area contributed by atoms with Crippen LogP contribution in [0.1, 0.15) is 10.4 Å². The fourth-order valence-corrected chi connectivity index (χ4v) is 4.83. The van der Waals surface area contributed by atoms with E-state index in [0.29, 0.717) is 27.9 Å². The van der Waals surface area contributed by atoms with Crippen molar-refractivity contribution in [2.24, 2.45) is 0 Å². The number of benzene rings is 2. The topological polar surface area (TPSA) is 106 Å². The van der Waals surface area contributed by atoms with Gasteiger partial charge in [-0.1, -0.05) is 23.2 Å². The maximum absolute atomic E-state index is 12.7. The van der Waals surface area contributed by atoms with Crippen molar-refractivity contribution in [2.75, 3.05) is 32.1 Å². The van der Waals surface area contributed by atoms with E-state index in [2.05, 4.69) is 19.4 Å². The lowest BCUT2D eigenvalue weighted by atomic mass is 10.1. The highest BCUT2D eigenvalue weighted by atomic mass is 35.5. The monoisotopic (exact) mass is 533 g/mol. The normalized spacial score (nSPS) is 11.5. The van der Waals surface area contributed by atoms with Crippen LogP contribution in [0.25, 0.3) is 16.6 Å². The summed E-state index contributed by atoms with van der Waals surface area (Å²) in [5.41, 5.74) is 1.60. The predicted molar refractivity (Wildman–Crippen MR) is 135 cm³/mol. The first-order chi connectivity index (χ1) is 16.7. The number of ether oxygens (including phenoxy) is 1. The van der Waals surface area contributed by atoms with Crippen molar-refractivity contribution in [3.8, 4) is 5.69 Å². The molecule has 35 heavy (non-hydrogen) atoms. The number of carbonyl (C=O) groups excluding carboxylic acids is 1. The number of halogens is 2. The number of aromatic nitrogens is 3. The van der Waals surface area contributed by atoms with Crippen LogP contribution in [0.5, 0.6) is 0 Å². The van der Waals surface area contributed by atoms with E-state index in [1.165, 1.54) is 31.4 Å². The zero-order valence-electron chi connectivity index (χ0n) is 18.8. The van der Waals surface area contributed by atoms with Crippen LogP contribution in [0, 0.1) is 0 Å². The molecule has 0 fully saturated rings. The summed E-state index contributed by atoms with van der Waals surface area (Å²) in [7, 11) is -0.722. The average molecular weight is 534 g/mol. The number of fused-ring (bicyclic) bond motifs is 1. The second-order valence-corrected chi connectivity index (χ2v) is 10.1. The highest BCUT2D eigenvalue weighted by Crippen LogP contribution is 2.34. The standard InChI is InChI=1S/C23H21Cl2N5O4S/c1-29(11-10-27-35(32,33)16-5-3-15(4-6-16)23(31)34-2)20-13-19(30-12-9-26-14-30)17-7-8-18(24)21(25)22(17)28-20/h3-9,12-14,27H,10-11H2,1-2H3. The van der Waals surface area contributed by atoms with Gasteiger partial charge in [0.15, 0.2) is 0 Å². The van der Waals surface area contributed by atoms with E-state index in [9.17, 15) is 13.2 Å². The number of nitrogens with zero attached hydrogens (tertiary/aromatic N) is 4. The summed E-state index contributed by atoms with van der Waals surface area (Å²) in [6.45, 7) is 0.431. The zero-order valence-corrected chi connectivity index (χ0v) is 21.1. The Morgan fingerprint density at radius 3 is 2.57 bits per heavy atom. The molecule has 4 aromatic rings. The van der Waals surface area contributed by atoms with Gasteiger partial charge in [-0.25, -0.2) is 27.9 Å². The summed E-state index contributed by atoms with van der Waals surface area (Å²) in [6, 6.07) is 10.9. The summed E-state index contributed by atoms with van der Waals surface area (Å²) >= 11 is 12.7. The van der Waals surface area contributed by atoms with Gasteiger partial charge in [-0.3, -0.25) is 0 Å². The number of esters is 1. The molecule has 0 saturated carbocycles. The third kappa shape index (κ3) is 5.25. The Hall–Kier alpha value is -3.18. The molecule has 0 unspecified atom stereocenters. The fourth-order valence-electron chi connectivity index (χ4n) is 3.45. The Balaban J connectivity index is 1.53. The predicted octanol–water partition coefficient (Wildman–Crippen LogP) is 3.93. The number of sulfonamides is 1. The minimum atomic E-state index is -3.78. The van der Waals surface area contributed by atoms with Crippen LogP contribution in [0.3, 0.4) is 0 Å². The van der Waals surface area contributed by atoms with Crippen LogP contribution >= 0.6 is 23.2 Å². The average Bonchev–Trinajstić information content (AvgIpc) is 3.40. The molecular formula is C23H21Cl2N5O4S.